The number of nitrogens with zero attached hydrogens (tertiary/aromatic N) is 3. The molecule has 2 amide bonds. The molecule has 0 radical (unpaired) electrons. The molecule has 2 aromatic rings. The molecule has 0 bridgehead atoms. The van der Waals surface area contributed by atoms with E-state index in [1.165, 1.54) is 10.5 Å². The molecule has 1 saturated heterocycles. The highest BCUT2D eigenvalue weighted by Crippen LogP contribution is 2.18. The van der Waals surface area contributed by atoms with E-state index in [0.29, 0.717) is 42.9 Å². The van der Waals surface area contributed by atoms with Gasteiger partial charge >= 0.3 is 5.97 Å². The van der Waals surface area contributed by atoms with E-state index in [0.717, 1.165) is 5.56 Å². The van der Waals surface area contributed by atoms with Crippen molar-refractivity contribution in [3.8, 4) is 0 Å². The lowest BCUT2D eigenvalue weighted by Gasteiger charge is -2.31. The standard InChI is InChI=1S/C22H28N4O4/c1-14-6-8-17(9-7-14)11-26-16(3)20(15(2)24-26)22(29)30-13-19(27)25-10-4-5-18(12-25)21(23)28/h6-9,18H,4-5,10-13H2,1-3H3,(H2,23,28)/t18-/m0/s1. The highest BCUT2D eigenvalue weighted by atomic mass is 16.5. The average molecular weight is 412 g/mol. The molecule has 8 heteroatoms. The third kappa shape index (κ3) is 4.87. The fourth-order valence-electron chi connectivity index (χ4n) is 3.74. The molecule has 1 aromatic carbocycles. The van der Waals surface area contributed by atoms with Crippen molar-refractivity contribution < 1.29 is 19.1 Å². The van der Waals surface area contributed by atoms with E-state index >= 15 is 0 Å². The van der Waals surface area contributed by atoms with E-state index in [4.69, 9.17) is 10.5 Å². The summed E-state index contributed by atoms with van der Waals surface area (Å²) < 4.78 is 7.04. The Bertz CT molecular complexity index is 949. The van der Waals surface area contributed by atoms with Crippen LogP contribution in [0.15, 0.2) is 24.3 Å². The second-order valence-electron chi connectivity index (χ2n) is 7.85. The van der Waals surface area contributed by atoms with Gasteiger partial charge in [-0.05, 0) is 39.2 Å². The zero-order valence-corrected chi connectivity index (χ0v) is 17.7. The molecular weight excluding hydrogens is 384 g/mol. The van der Waals surface area contributed by atoms with Crippen LogP contribution in [-0.4, -0.2) is 52.2 Å². The second-order valence-corrected chi connectivity index (χ2v) is 7.85. The minimum Gasteiger partial charge on any atom is -0.452 e. The minimum absolute atomic E-state index is 0.276. The molecule has 0 saturated carbocycles. The number of likely N-dealkylation sites (tertiary alicyclic amines) is 1. The second kappa shape index (κ2) is 9.11. The summed E-state index contributed by atoms with van der Waals surface area (Å²) in [6.45, 7) is 6.58. The van der Waals surface area contributed by atoms with Crippen molar-refractivity contribution in [2.45, 2.75) is 40.2 Å². The third-order valence-corrected chi connectivity index (χ3v) is 5.54. The fraction of sp³-hybridized carbons (Fsp3) is 0.455. The predicted molar refractivity (Wildman–Crippen MR) is 111 cm³/mol. The number of carbonyl (C=O) groups is 3. The first-order valence-corrected chi connectivity index (χ1v) is 10.1. The van der Waals surface area contributed by atoms with Crippen LogP contribution >= 0.6 is 0 Å². The molecule has 8 nitrogen and oxygen atoms in total. The molecule has 0 unspecified atom stereocenters. The van der Waals surface area contributed by atoms with Crippen LogP contribution < -0.4 is 5.73 Å². The predicted octanol–water partition coefficient (Wildman–Crippen LogP) is 1.74. The van der Waals surface area contributed by atoms with Gasteiger partial charge in [0.25, 0.3) is 5.91 Å². The number of hydrogen-bond acceptors (Lipinski definition) is 5. The summed E-state index contributed by atoms with van der Waals surface area (Å²) >= 11 is 0. The third-order valence-electron chi connectivity index (χ3n) is 5.54. The van der Waals surface area contributed by atoms with Gasteiger partial charge in [-0.1, -0.05) is 29.8 Å². The fourth-order valence-corrected chi connectivity index (χ4v) is 3.74. The van der Waals surface area contributed by atoms with Crippen LogP contribution in [0, 0.1) is 26.7 Å². The van der Waals surface area contributed by atoms with Crippen molar-refractivity contribution in [2.24, 2.45) is 11.7 Å². The molecule has 30 heavy (non-hydrogen) atoms. The molecule has 1 atom stereocenters. The van der Waals surface area contributed by atoms with Gasteiger partial charge in [0.15, 0.2) is 6.61 Å². The van der Waals surface area contributed by atoms with E-state index in [2.05, 4.69) is 5.10 Å². The maximum absolute atomic E-state index is 12.6. The first-order chi connectivity index (χ1) is 14.3. The Morgan fingerprint density at radius 3 is 2.53 bits per heavy atom. The Morgan fingerprint density at radius 1 is 1.17 bits per heavy atom. The van der Waals surface area contributed by atoms with Gasteiger partial charge < -0.3 is 15.4 Å². The molecule has 2 N–H and O–H groups in total. The average Bonchev–Trinajstić information content (AvgIpc) is 3.00. The van der Waals surface area contributed by atoms with E-state index in [1.807, 2.05) is 38.1 Å². The number of amides is 2. The quantitative estimate of drug-likeness (QED) is 0.727. The number of piperidine rings is 1. The van der Waals surface area contributed by atoms with Crippen molar-refractivity contribution in [1.29, 1.82) is 0 Å². The van der Waals surface area contributed by atoms with E-state index in [1.54, 1.807) is 11.6 Å². The highest BCUT2D eigenvalue weighted by Gasteiger charge is 2.28. The maximum atomic E-state index is 12.6. The Labute approximate surface area is 176 Å². The number of rotatable bonds is 6. The van der Waals surface area contributed by atoms with Gasteiger partial charge in [0.05, 0.1) is 23.9 Å². The molecule has 2 heterocycles. The summed E-state index contributed by atoms with van der Waals surface area (Å²) in [6.07, 6.45) is 1.38. The Kier molecular flexibility index (Phi) is 6.54. The lowest BCUT2D eigenvalue weighted by molar-refractivity contribution is -0.137. The van der Waals surface area contributed by atoms with Crippen molar-refractivity contribution in [1.82, 2.24) is 14.7 Å². The maximum Gasteiger partial charge on any atom is 0.342 e. The Morgan fingerprint density at radius 2 is 1.87 bits per heavy atom. The minimum atomic E-state index is -0.572. The number of hydrogen-bond donors (Lipinski definition) is 1. The topological polar surface area (TPSA) is 108 Å². The number of esters is 1. The molecular formula is C22H28N4O4. The zero-order chi connectivity index (χ0) is 21.8. The summed E-state index contributed by atoms with van der Waals surface area (Å²) in [4.78, 5) is 38.0. The molecule has 1 aromatic heterocycles. The highest BCUT2D eigenvalue weighted by molar-refractivity contribution is 5.93. The molecule has 1 aliphatic rings. The van der Waals surface area contributed by atoms with Crippen molar-refractivity contribution in [3.05, 3.63) is 52.3 Å². The Balaban J connectivity index is 1.62. The van der Waals surface area contributed by atoms with Crippen LogP contribution in [0.25, 0.3) is 0 Å². The van der Waals surface area contributed by atoms with Crippen molar-refractivity contribution in [2.75, 3.05) is 19.7 Å². The van der Waals surface area contributed by atoms with Gasteiger partial charge in [-0.3, -0.25) is 14.3 Å². The first-order valence-electron chi connectivity index (χ1n) is 10.1. The largest absolute Gasteiger partial charge is 0.452 e. The molecule has 3 rings (SSSR count). The number of benzene rings is 1. The van der Waals surface area contributed by atoms with Crippen LogP contribution in [0.4, 0.5) is 0 Å². The number of aryl methyl sites for hydroxylation is 2. The summed E-state index contributed by atoms with van der Waals surface area (Å²) in [7, 11) is 0. The van der Waals surface area contributed by atoms with Crippen LogP contribution in [0.2, 0.25) is 0 Å². The van der Waals surface area contributed by atoms with E-state index < -0.39 is 11.9 Å². The normalized spacial score (nSPS) is 16.4. The van der Waals surface area contributed by atoms with E-state index in [-0.39, 0.29) is 25.0 Å². The number of primary amides is 1. The summed E-state index contributed by atoms with van der Waals surface area (Å²) in [6, 6.07) is 8.12. The summed E-state index contributed by atoms with van der Waals surface area (Å²) in [5.41, 5.74) is 9.24. The monoisotopic (exact) mass is 412 g/mol. The SMILES string of the molecule is Cc1ccc(Cn2nc(C)c(C(=O)OCC(=O)N3CCC[C@H](C(N)=O)C3)c2C)cc1. The Hall–Kier alpha value is -3.16. The number of carbonyl (C=O) groups excluding carboxylic acids is 3. The summed E-state index contributed by atoms with van der Waals surface area (Å²) in [5, 5.41) is 4.46. The molecule has 160 valence electrons. The molecule has 0 spiro atoms. The van der Waals surface area contributed by atoms with Gasteiger partial charge in [-0.15, -0.1) is 0 Å². The van der Waals surface area contributed by atoms with Gasteiger partial charge in [0, 0.05) is 13.1 Å². The first kappa shape index (κ1) is 21.5. The van der Waals surface area contributed by atoms with Crippen molar-refractivity contribution >= 4 is 17.8 Å². The zero-order valence-electron chi connectivity index (χ0n) is 17.7. The van der Waals surface area contributed by atoms with Gasteiger partial charge in [0.2, 0.25) is 5.91 Å². The molecule has 1 fully saturated rings. The van der Waals surface area contributed by atoms with Crippen LogP contribution in [0.3, 0.4) is 0 Å². The van der Waals surface area contributed by atoms with Gasteiger partial charge in [-0.2, -0.15) is 5.10 Å². The van der Waals surface area contributed by atoms with Gasteiger partial charge in [-0.25, -0.2) is 4.79 Å². The lowest BCUT2D eigenvalue weighted by atomic mass is 9.97. The number of ether oxygens (including phenoxy) is 1. The van der Waals surface area contributed by atoms with Crippen LogP contribution in [-0.2, 0) is 20.9 Å². The number of aromatic nitrogens is 2. The molecule has 0 aliphatic carbocycles. The summed E-state index contributed by atoms with van der Waals surface area (Å²) in [5.74, 6) is -1.65. The molecule has 1 aliphatic heterocycles. The van der Waals surface area contributed by atoms with Crippen LogP contribution in [0.5, 0.6) is 0 Å². The van der Waals surface area contributed by atoms with Crippen molar-refractivity contribution in [3.63, 3.8) is 0 Å². The van der Waals surface area contributed by atoms with Crippen LogP contribution in [0.1, 0.15) is 45.7 Å². The smallest absolute Gasteiger partial charge is 0.342 e. The van der Waals surface area contributed by atoms with Gasteiger partial charge in [0.1, 0.15) is 5.56 Å². The lowest BCUT2D eigenvalue weighted by Crippen LogP contribution is -2.45. The van der Waals surface area contributed by atoms with E-state index in [9.17, 15) is 14.4 Å². The number of nitrogens with two attached hydrogens (primary N) is 1.